The first-order valence-corrected chi connectivity index (χ1v) is 16.8. The molecule has 4 N–H and O–H groups in total. The van der Waals surface area contributed by atoms with Gasteiger partial charge in [0.25, 0.3) is 0 Å². The number of nitrogens with one attached hydrogen (secondary N) is 4. The fourth-order valence-electron chi connectivity index (χ4n) is 5.62. The van der Waals surface area contributed by atoms with Gasteiger partial charge in [-0.1, -0.05) is 32.4 Å². The molecule has 264 valence electrons. The average molecular weight is 703 g/mol. The summed E-state index contributed by atoms with van der Waals surface area (Å²) in [6.45, 7) is 9.67. The zero-order chi connectivity index (χ0) is 36.2. The van der Waals surface area contributed by atoms with Crippen LogP contribution in [0.5, 0.6) is 17.2 Å². The lowest BCUT2D eigenvalue weighted by molar-refractivity contribution is -0.143. The Morgan fingerprint density at radius 1 is 1.04 bits per heavy atom. The summed E-state index contributed by atoms with van der Waals surface area (Å²) < 4.78 is 11.5. The lowest BCUT2D eigenvalue weighted by Gasteiger charge is -2.36. The number of pyridine rings is 1. The number of aromatic nitrogens is 3. The summed E-state index contributed by atoms with van der Waals surface area (Å²) in [5.74, 6) is 0.929. The quantitative estimate of drug-likeness (QED) is 0.155. The Morgan fingerprint density at radius 2 is 1.82 bits per heavy atom. The molecule has 2 aromatic heterocycles. The van der Waals surface area contributed by atoms with Gasteiger partial charge in [0.15, 0.2) is 0 Å². The highest BCUT2D eigenvalue weighted by Gasteiger charge is 2.42. The molecule has 0 aliphatic carbocycles. The minimum atomic E-state index is -0.825. The number of benzene rings is 2. The Kier molecular flexibility index (Phi) is 11.1. The Balaban J connectivity index is 1.37. The third-order valence-electron chi connectivity index (χ3n) is 8.59. The molecule has 50 heavy (non-hydrogen) atoms. The number of anilines is 3. The van der Waals surface area contributed by atoms with E-state index in [2.05, 4.69) is 36.2 Å². The van der Waals surface area contributed by atoms with Crippen LogP contribution in [0.15, 0.2) is 55.0 Å². The minimum absolute atomic E-state index is 0.292. The fraction of sp³-hybridized carbons (Fsp3) is 0.389. The number of halogens is 1. The maximum absolute atomic E-state index is 13.9. The second-order valence-corrected chi connectivity index (χ2v) is 13.7. The largest absolute Gasteiger partial charge is 0.494 e. The van der Waals surface area contributed by atoms with E-state index in [1.807, 2.05) is 39.8 Å². The number of fused-ring (bicyclic) bond motifs is 1. The molecule has 0 bridgehead atoms. The van der Waals surface area contributed by atoms with Crippen LogP contribution in [0.3, 0.4) is 0 Å². The molecular weight excluding hydrogens is 660 g/mol. The van der Waals surface area contributed by atoms with E-state index in [0.717, 1.165) is 5.69 Å². The summed E-state index contributed by atoms with van der Waals surface area (Å²) in [7, 11) is 3.18. The summed E-state index contributed by atoms with van der Waals surface area (Å²) in [5.41, 5.74) is 1.90. The highest BCUT2D eigenvalue weighted by atomic mass is 35.5. The SMILES string of the molecule is CNC(C)C(=O)NC(C(=O)N1CCCC1C(=O)Nc1cc2c(Nc3ccc(Oc4ccc(C)nc4)c(Cl)c3)ncnc2cc1OC)C(C)(C)C. The molecule has 0 radical (unpaired) electrons. The molecule has 1 fully saturated rings. The van der Waals surface area contributed by atoms with Crippen molar-refractivity contribution in [3.05, 3.63) is 65.7 Å². The summed E-state index contributed by atoms with van der Waals surface area (Å²) in [4.78, 5) is 55.2. The van der Waals surface area contributed by atoms with Gasteiger partial charge in [-0.25, -0.2) is 9.97 Å². The highest BCUT2D eigenvalue weighted by Crippen LogP contribution is 2.36. The van der Waals surface area contributed by atoms with Crippen LogP contribution in [0.2, 0.25) is 5.02 Å². The first-order chi connectivity index (χ1) is 23.8. The van der Waals surface area contributed by atoms with Crippen LogP contribution in [-0.2, 0) is 14.4 Å². The molecule has 3 amide bonds. The topological polar surface area (TPSA) is 160 Å². The van der Waals surface area contributed by atoms with E-state index in [4.69, 9.17) is 21.1 Å². The second-order valence-electron chi connectivity index (χ2n) is 13.3. The van der Waals surface area contributed by atoms with Crippen LogP contribution in [0.25, 0.3) is 10.9 Å². The van der Waals surface area contributed by atoms with E-state index in [9.17, 15) is 14.4 Å². The number of rotatable bonds is 11. The van der Waals surface area contributed by atoms with Crippen LogP contribution in [0.4, 0.5) is 17.2 Å². The van der Waals surface area contributed by atoms with Crippen molar-refractivity contribution < 1.29 is 23.9 Å². The number of likely N-dealkylation sites (N-methyl/N-ethyl adjacent to an activating group) is 1. The number of carbonyl (C=O) groups is 3. The first-order valence-electron chi connectivity index (χ1n) is 16.4. The third-order valence-corrected chi connectivity index (χ3v) is 8.88. The lowest BCUT2D eigenvalue weighted by Crippen LogP contribution is -2.59. The van der Waals surface area contributed by atoms with Crippen molar-refractivity contribution in [3.63, 3.8) is 0 Å². The summed E-state index contributed by atoms with van der Waals surface area (Å²) >= 11 is 6.57. The number of aryl methyl sites for hydroxylation is 1. The van der Waals surface area contributed by atoms with Crippen LogP contribution in [-0.4, -0.2) is 76.4 Å². The standard InChI is InChI=1S/C36H43ClN8O5/c1-20-10-12-23(18-39-20)50-29-13-11-22(15-25(29)37)42-32-24-16-27(30(49-7)17-26(24)40-19-41-32)43-34(47)28-9-8-14-45(28)35(48)31(36(3,4)5)44-33(46)21(2)38-6/h10-13,15-19,21,28,31,38H,8-9,14H2,1-7H3,(H,43,47)(H,44,46)(H,40,41,42). The van der Waals surface area contributed by atoms with Gasteiger partial charge in [0, 0.05) is 29.4 Å². The number of likely N-dealkylation sites (tertiary alicyclic amines) is 1. The van der Waals surface area contributed by atoms with E-state index >= 15 is 0 Å². The predicted octanol–water partition coefficient (Wildman–Crippen LogP) is 5.60. The van der Waals surface area contributed by atoms with Gasteiger partial charge in [-0.2, -0.15) is 0 Å². The molecule has 0 saturated carbocycles. The normalized spacial score (nSPS) is 15.7. The van der Waals surface area contributed by atoms with E-state index in [1.54, 1.807) is 55.4 Å². The maximum atomic E-state index is 13.9. The number of hydrogen-bond donors (Lipinski definition) is 4. The number of amides is 3. The van der Waals surface area contributed by atoms with Crippen molar-refractivity contribution in [2.75, 3.05) is 31.3 Å². The molecule has 4 aromatic rings. The molecule has 13 nitrogen and oxygen atoms in total. The molecule has 3 heterocycles. The Labute approximate surface area is 296 Å². The predicted molar refractivity (Wildman–Crippen MR) is 193 cm³/mol. The van der Waals surface area contributed by atoms with Crippen LogP contribution in [0, 0.1) is 12.3 Å². The second kappa shape index (κ2) is 15.3. The molecule has 0 spiro atoms. The zero-order valence-electron chi connectivity index (χ0n) is 29.3. The van der Waals surface area contributed by atoms with Gasteiger partial charge in [-0.15, -0.1) is 0 Å². The molecule has 14 heteroatoms. The number of hydrogen-bond acceptors (Lipinski definition) is 10. The highest BCUT2D eigenvalue weighted by molar-refractivity contribution is 6.32. The third kappa shape index (κ3) is 8.23. The molecule has 1 aliphatic heterocycles. The first kappa shape index (κ1) is 36.3. The van der Waals surface area contributed by atoms with Gasteiger partial charge in [-0.05, 0) is 75.5 Å². The lowest BCUT2D eigenvalue weighted by atomic mass is 9.85. The van der Waals surface area contributed by atoms with Gasteiger partial charge in [0.2, 0.25) is 17.7 Å². The smallest absolute Gasteiger partial charge is 0.247 e. The maximum Gasteiger partial charge on any atom is 0.247 e. The summed E-state index contributed by atoms with van der Waals surface area (Å²) in [6.07, 6.45) is 4.18. The van der Waals surface area contributed by atoms with E-state index in [-0.39, 0.29) is 17.7 Å². The van der Waals surface area contributed by atoms with E-state index in [0.29, 0.717) is 69.8 Å². The monoisotopic (exact) mass is 702 g/mol. The number of ether oxygens (including phenoxy) is 2. The molecular formula is C36H43ClN8O5. The summed E-state index contributed by atoms with van der Waals surface area (Å²) in [5, 5.41) is 13.0. The number of methoxy groups -OCH3 is 1. The zero-order valence-corrected chi connectivity index (χ0v) is 30.0. The molecule has 1 saturated heterocycles. The summed E-state index contributed by atoms with van der Waals surface area (Å²) in [6, 6.07) is 10.3. The van der Waals surface area contributed by atoms with Gasteiger partial charge >= 0.3 is 0 Å². The fourth-order valence-corrected chi connectivity index (χ4v) is 5.84. The molecule has 5 rings (SSSR count). The van der Waals surface area contributed by atoms with E-state index in [1.165, 1.54) is 13.4 Å². The Hall–Kier alpha value is -5.01. The van der Waals surface area contributed by atoms with Gasteiger partial charge in [0.05, 0.1) is 35.6 Å². The van der Waals surface area contributed by atoms with Gasteiger partial charge in [0.1, 0.15) is 41.5 Å². The molecule has 3 unspecified atom stereocenters. The van der Waals surface area contributed by atoms with E-state index < -0.39 is 23.5 Å². The number of carbonyl (C=O) groups excluding carboxylic acids is 3. The van der Waals surface area contributed by atoms with Crippen LogP contribution in [0.1, 0.15) is 46.2 Å². The van der Waals surface area contributed by atoms with Crippen LogP contribution < -0.4 is 30.7 Å². The van der Waals surface area contributed by atoms with Crippen LogP contribution >= 0.6 is 11.6 Å². The van der Waals surface area contributed by atoms with Crippen molar-refractivity contribution in [3.8, 4) is 17.2 Å². The average Bonchev–Trinajstić information content (AvgIpc) is 3.58. The van der Waals surface area contributed by atoms with Crippen molar-refractivity contribution in [2.24, 2.45) is 5.41 Å². The Bertz CT molecular complexity index is 1880. The van der Waals surface area contributed by atoms with Gasteiger partial charge < -0.3 is 35.6 Å². The van der Waals surface area contributed by atoms with Crippen molar-refractivity contribution in [1.82, 2.24) is 30.5 Å². The van der Waals surface area contributed by atoms with Gasteiger partial charge in [-0.3, -0.25) is 19.4 Å². The minimum Gasteiger partial charge on any atom is -0.494 e. The molecule has 2 aromatic carbocycles. The Morgan fingerprint density at radius 3 is 2.48 bits per heavy atom. The van der Waals surface area contributed by atoms with Crippen molar-refractivity contribution in [1.29, 1.82) is 0 Å². The number of nitrogens with zero attached hydrogens (tertiary/aromatic N) is 4. The molecule has 1 aliphatic rings. The molecule has 3 atom stereocenters. The van der Waals surface area contributed by atoms with Crippen molar-refractivity contribution in [2.45, 2.75) is 65.6 Å². The van der Waals surface area contributed by atoms with Crippen molar-refractivity contribution >= 4 is 57.4 Å².